The number of thiocarbonyl (C=S) groups is 1. The Balaban J connectivity index is 2.24. The minimum Gasteiger partial charge on any atom is -0.451 e. The predicted octanol–water partition coefficient (Wildman–Crippen LogP) is 3.27. The molecule has 2 rings (SSSR count). The van der Waals surface area contributed by atoms with Crippen molar-refractivity contribution in [1.29, 1.82) is 0 Å². The van der Waals surface area contributed by atoms with Crippen molar-refractivity contribution in [3.05, 3.63) is 39.2 Å². The van der Waals surface area contributed by atoms with Crippen molar-refractivity contribution in [1.82, 2.24) is 4.90 Å². The van der Waals surface area contributed by atoms with E-state index >= 15 is 0 Å². The lowest BCUT2D eigenvalue weighted by Crippen LogP contribution is -2.27. The minimum atomic E-state index is -0.0914. The Morgan fingerprint density at radius 2 is 2.35 bits per heavy atom. The molecule has 1 saturated heterocycles. The summed E-state index contributed by atoms with van der Waals surface area (Å²) in [5, 5.41) is 0. The molecule has 0 N–H and O–H groups in total. The van der Waals surface area contributed by atoms with Gasteiger partial charge >= 0.3 is 0 Å². The highest BCUT2D eigenvalue weighted by Gasteiger charge is 2.31. The number of nitrogens with zero attached hydrogens (tertiary/aromatic N) is 1. The van der Waals surface area contributed by atoms with E-state index in [9.17, 15) is 4.79 Å². The summed E-state index contributed by atoms with van der Waals surface area (Å²) in [4.78, 5) is 14.1. The third kappa shape index (κ3) is 2.80. The lowest BCUT2D eigenvalue weighted by molar-refractivity contribution is -0.121. The minimum absolute atomic E-state index is 0.0914. The number of halogens is 1. The van der Waals surface area contributed by atoms with Crippen molar-refractivity contribution in [3.63, 3.8) is 0 Å². The van der Waals surface area contributed by atoms with Crippen LogP contribution in [0.2, 0.25) is 0 Å². The van der Waals surface area contributed by atoms with Crippen LogP contribution in [-0.2, 0) is 4.79 Å². The normalized spacial score (nSPS) is 18.2. The average Bonchev–Trinajstić information content (AvgIpc) is 2.79. The first kappa shape index (κ1) is 12.8. The van der Waals surface area contributed by atoms with Gasteiger partial charge in [-0.25, -0.2) is 0 Å². The highest BCUT2D eigenvalue weighted by atomic mass is 127. The Kier molecular flexibility index (Phi) is 4.05. The molecule has 2 heterocycles. The molecule has 17 heavy (non-hydrogen) atoms. The fraction of sp³-hybridized carbons (Fsp3) is 0.0909. The Hall–Kier alpha value is -0.600. The number of rotatable bonds is 3. The number of furan rings is 1. The summed E-state index contributed by atoms with van der Waals surface area (Å²) < 4.78 is 6.73. The zero-order chi connectivity index (χ0) is 12.4. The van der Waals surface area contributed by atoms with Crippen molar-refractivity contribution in [2.45, 2.75) is 0 Å². The fourth-order valence-corrected chi connectivity index (χ4v) is 3.01. The van der Waals surface area contributed by atoms with Gasteiger partial charge in [-0.2, -0.15) is 0 Å². The predicted molar refractivity (Wildman–Crippen MR) is 81.5 cm³/mol. The second-order valence-corrected chi connectivity index (χ2v) is 5.96. The molecule has 1 amide bonds. The smallest absolute Gasteiger partial charge is 0.266 e. The first-order valence-corrected chi connectivity index (χ1v) is 7.04. The SMILES string of the molecule is C=CCN1C(=O)/C(=C/c2ccc(I)o2)SC1=S. The average molecular weight is 377 g/mol. The van der Waals surface area contributed by atoms with Crippen LogP contribution < -0.4 is 0 Å². The van der Waals surface area contributed by atoms with Crippen molar-refractivity contribution >= 4 is 62.9 Å². The van der Waals surface area contributed by atoms with Crippen LogP contribution in [0.25, 0.3) is 6.08 Å². The van der Waals surface area contributed by atoms with Crippen LogP contribution in [0.4, 0.5) is 0 Å². The van der Waals surface area contributed by atoms with Gasteiger partial charge in [0, 0.05) is 12.6 Å². The molecule has 6 heteroatoms. The first-order valence-electron chi connectivity index (χ1n) is 4.73. The number of hydrogen-bond acceptors (Lipinski definition) is 4. The molecular weight excluding hydrogens is 369 g/mol. The molecule has 3 nitrogen and oxygen atoms in total. The standard InChI is InChI=1S/C11H8INO2S2/c1-2-5-13-10(14)8(17-11(13)16)6-7-3-4-9(12)15-7/h2-4,6H,1,5H2/b8-6-. The number of thioether (sulfide) groups is 1. The quantitative estimate of drug-likeness (QED) is 0.351. The van der Waals surface area contributed by atoms with E-state index in [1.807, 2.05) is 12.1 Å². The van der Waals surface area contributed by atoms with Crippen molar-refractivity contribution in [2.75, 3.05) is 6.54 Å². The number of carbonyl (C=O) groups excluding carboxylic acids is 1. The molecule has 0 saturated carbocycles. The van der Waals surface area contributed by atoms with Crippen molar-refractivity contribution < 1.29 is 9.21 Å². The van der Waals surface area contributed by atoms with Gasteiger partial charge in [-0.3, -0.25) is 9.69 Å². The topological polar surface area (TPSA) is 33.5 Å². The number of amides is 1. The zero-order valence-corrected chi connectivity index (χ0v) is 12.5. The third-order valence-corrected chi connectivity index (χ3v) is 4.01. The summed E-state index contributed by atoms with van der Waals surface area (Å²) in [5.41, 5.74) is 0. The van der Waals surface area contributed by atoms with Gasteiger partial charge in [0.15, 0.2) is 3.77 Å². The Morgan fingerprint density at radius 1 is 1.59 bits per heavy atom. The van der Waals surface area contributed by atoms with Crippen LogP contribution >= 0.6 is 46.6 Å². The third-order valence-electron chi connectivity index (χ3n) is 2.05. The molecule has 1 aromatic heterocycles. The molecule has 88 valence electrons. The number of carbonyl (C=O) groups is 1. The lowest BCUT2D eigenvalue weighted by atomic mass is 10.3. The molecule has 0 spiro atoms. The summed E-state index contributed by atoms with van der Waals surface area (Å²) in [7, 11) is 0. The highest BCUT2D eigenvalue weighted by Crippen LogP contribution is 2.32. The van der Waals surface area contributed by atoms with E-state index < -0.39 is 0 Å². The van der Waals surface area contributed by atoms with E-state index in [-0.39, 0.29) is 5.91 Å². The largest absolute Gasteiger partial charge is 0.451 e. The molecule has 0 aromatic carbocycles. The van der Waals surface area contributed by atoms with Crippen LogP contribution in [0.5, 0.6) is 0 Å². The van der Waals surface area contributed by atoms with E-state index in [2.05, 4.69) is 29.2 Å². The van der Waals surface area contributed by atoms with Crippen LogP contribution in [0.1, 0.15) is 5.76 Å². The molecule has 0 atom stereocenters. The summed E-state index contributed by atoms with van der Waals surface area (Å²) >= 11 is 8.49. The van der Waals surface area contributed by atoms with E-state index in [4.69, 9.17) is 16.6 Å². The summed E-state index contributed by atoms with van der Waals surface area (Å²) in [6.45, 7) is 4.05. The second-order valence-electron chi connectivity index (χ2n) is 3.22. The lowest BCUT2D eigenvalue weighted by Gasteiger charge is -2.10. The molecular formula is C11H8INO2S2. The molecule has 0 bridgehead atoms. The van der Waals surface area contributed by atoms with Gasteiger partial charge in [0.2, 0.25) is 0 Å². The summed E-state index contributed by atoms with van der Waals surface area (Å²) in [6, 6.07) is 3.67. The van der Waals surface area contributed by atoms with Gasteiger partial charge in [0.25, 0.3) is 5.91 Å². The van der Waals surface area contributed by atoms with E-state index in [1.54, 1.807) is 12.2 Å². The zero-order valence-electron chi connectivity index (χ0n) is 8.68. The molecule has 0 unspecified atom stereocenters. The van der Waals surface area contributed by atoms with Crippen LogP contribution in [-0.4, -0.2) is 21.7 Å². The van der Waals surface area contributed by atoms with Gasteiger partial charge < -0.3 is 4.42 Å². The molecule has 1 aliphatic heterocycles. The molecule has 1 fully saturated rings. The fourth-order valence-electron chi connectivity index (χ4n) is 1.32. The van der Waals surface area contributed by atoms with Gasteiger partial charge in [-0.15, -0.1) is 6.58 Å². The molecule has 1 aromatic rings. The van der Waals surface area contributed by atoms with Gasteiger partial charge in [-0.1, -0.05) is 30.1 Å². The highest BCUT2D eigenvalue weighted by molar-refractivity contribution is 14.1. The Bertz CT molecular complexity index is 521. The first-order chi connectivity index (χ1) is 8.11. The van der Waals surface area contributed by atoms with Crippen molar-refractivity contribution in [3.8, 4) is 0 Å². The summed E-state index contributed by atoms with van der Waals surface area (Å²) in [6.07, 6.45) is 3.37. The maximum atomic E-state index is 12.0. The number of hydrogen-bond donors (Lipinski definition) is 0. The van der Waals surface area contributed by atoms with E-state index in [0.717, 1.165) is 3.77 Å². The van der Waals surface area contributed by atoms with Crippen LogP contribution in [0.15, 0.2) is 34.1 Å². The molecule has 1 aliphatic rings. The van der Waals surface area contributed by atoms with Crippen molar-refractivity contribution in [2.24, 2.45) is 0 Å². The molecule has 0 aliphatic carbocycles. The monoisotopic (exact) mass is 377 g/mol. The summed E-state index contributed by atoms with van der Waals surface area (Å²) in [5.74, 6) is 0.569. The van der Waals surface area contributed by atoms with E-state index in [0.29, 0.717) is 21.5 Å². The van der Waals surface area contributed by atoms with E-state index in [1.165, 1.54) is 16.7 Å². The van der Waals surface area contributed by atoms with Crippen LogP contribution in [0.3, 0.4) is 0 Å². The Labute approximate surface area is 122 Å². The molecule has 0 radical (unpaired) electrons. The van der Waals surface area contributed by atoms with Gasteiger partial charge in [0.05, 0.1) is 4.91 Å². The maximum absolute atomic E-state index is 12.0. The Morgan fingerprint density at radius 3 is 2.94 bits per heavy atom. The van der Waals surface area contributed by atoms with Gasteiger partial charge in [-0.05, 0) is 34.7 Å². The second kappa shape index (κ2) is 5.36. The van der Waals surface area contributed by atoms with Gasteiger partial charge in [0.1, 0.15) is 10.1 Å². The maximum Gasteiger partial charge on any atom is 0.266 e. The van der Waals surface area contributed by atoms with Crippen LogP contribution in [0, 0.1) is 3.77 Å².